The van der Waals surface area contributed by atoms with Crippen molar-refractivity contribution in [3.63, 3.8) is 0 Å². The number of carbonyl (C=O) groups is 1. The minimum Gasteiger partial charge on any atom is -0.382 e. The van der Waals surface area contributed by atoms with E-state index in [4.69, 9.17) is 4.74 Å². The van der Waals surface area contributed by atoms with E-state index < -0.39 is 10.0 Å². The lowest BCUT2D eigenvalue weighted by Gasteiger charge is -2.37. The SMILES string of the molecule is CCCCS(=O)(=O)N(CCCOCC)CC(=O)N1CCc2sccc2C1c1ccccc1. The van der Waals surface area contributed by atoms with Gasteiger partial charge >= 0.3 is 0 Å². The van der Waals surface area contributed by atoms with Crippen molar-refractivity contribution in [3.05, 3.63) is 57.8 Å². The molecule has 0 saturated heterocycles. The molecule has 6 nitrogen and oxygen atoms in total. The molecule has 2 heterocycles. The average molecular weight is 479 g/mol. The summed E-state index contributed by atoms with van der Waals surface area (Å²) < 4.78 is 32.8. The highest BCUT2D eigenvalue weighted by Gasteiger charge is 2.34. The Morgan fingerprint density at radius 1 is 1.19 bits per heavy atom. The van der Waals surface area contributed by atoms with Gasteiger partial charge in [-0.2, -0.15) is 4.31 Å². The van der Waals surface area contributed by atoms with Crippen molar-refractivity contribution < 1.29 is 17.9 Å². The van der Waals surface area contributed by atoms with E-state index >= 15 is 0 Å². The van der Waals surface area contributed by atoms with Crippen LogP contribution in [0.5, 0.6) is 0 Å². The zero-order chi connectivity index (χ0) is 23.0. The Labute approximate surface area is 196 Å². The first kappa shape index (κ1) is 24.9. The summed E-state index contributed by atoms with van der Waals surface area (Å²) in [6.45, 7) is 5.73. The zero-order valence-corrected chi connectivity index (χ0v) is 20.7. The first-order valence-electron chi connectivity index (χ1n) is 11.4. The molecule has 1 aromatic carbocycles. The quantitative estimate of drug-likeness (QED) is 0.431. The van der Waals surface area contributed by atoms with Gasteiger partial charge in [-0.15, -0.1) is 11.3 Å². The maximum absolute atomic E-state index is 13.5. The molecule has 8 heteroatoms. The molecular weight excluding hydrogens is 444 g/mol. The van der Waals surface area contributed by atoms with E-state index in [-0.39, 0.29) is 24.2 Å². The summed E-state index contributed by atoms with van der Waals surface area (Å²) in [4.78, 5) is 16.7. The third-order valence-corrected chi connectivity index (χ3v) is 8.66. The number of hydrogen-bond donors (Lipinski definition) is 0. The number of carbonyl (C=O) groups excluding carboxylic acids is 1. The molecule has 1 aliphatic rings. The van der Waals surface area contributed by atoms with Gasteiger partial charge in [0.05, 0.1) is 18.3 Å². The van der Waals surface area contributed by atoms with E-state index in [9.17, 15) is 13.2 Å². The summed E-state index contributed by atoms with van der Waals surface area (Å²) in [6.07, 6.45) is 2.76. The van der Waals surface area contributed by atoms with Crippen LogP contribution in [0.15, 0.2) is 41.8 Å². The topological polar surface area (TPSA) is 66.9 Å². The molecule has 176 valence electrons. The molecular formula is C24H34N2O4S2. The van der Waals surface area contributed by atoms with E-state index in [0.717, 1.165) is 24.0 Å². The Morgan fingerprint density at radius 2 is 1.97 bits per heavy atom. The third kappa shape index (κ3) is 6.19. The van der Waals surface area contributed by atoms with Crippen molar-refractivity contribution in [2.24, 2.45) is 0 Å². The fourth-order valence-corrected chi connectivity index (χ4v) is 6.61. The van der Waals surface area contributed by atoms with Crippen LogP contribution in [-0.4, -0.2) is 62.1 Å². The number of thiophene rings is 1. The van der Waals surface area contributed by atoms with Gasteiger partial charge in [0.15, 0.2) is 0 Å². The molecule has 0 aliphatic carbocycles. The lowest BCUT2D eigenvalue weighted by atomic mass is 9.93. The molecule has 1 aliphatic heterocycles. The molecule has 3 rings (SSSR count). The van der Waals surface area contributed by atoms with Crippen molar-refractivity contribution in [1.29, 1.82) is 0 Å². The molecule has 1 aromatic heterocycles. The van der Waals surface area contributed by atoms with Gasteiger partial charge in [-0.25, -0.2) is 8.42 Å². The number of ether oxygens (including phenoxy) is 1. The summed E-state index contributed by atoms with van der Waals surface area (Å²) in [6, 6.07) is 11.9. The van der Waals surface area contributed by atoms with E-state index in [1.807, 2.05) is 49.1 Å². The summed E-state index contributed by atoms with van der Waals surface area (Å²) in [5, 5.41) is 2.07. The molecule has 32 heavy (non-hydrogen) atoms. The van der Waals surface area contributed by atoms with E-state index in [0.29, 0.717) is 39.1 Å². The van der Waals surface area contributed by atoms with Crippen LogP contribution in [0.3, 0.4) is 0 Å². The third-order valence-electron chi connectivity index (χ3n) is 5.76. The molecule has 0 spiro atoms. The van der Waals surface area contributed by atoms with Crippen molar-refractivity contribution in [3.8, 4) is 0 Å². The second kappa shape index (κ2) is 11.9. The minimum absolute atomic E-state index is 0.0716. The van der Waals surface area contributed by atoms with Crippen molar-refractivity contribution in [1.82, 2.24) is 9.21 Å². The van der Waals surface area contributed by atoms with Gasteiger partial charge < -0.3 is 9.64 Å². The van der Waals surface area contributed by atoms with Gasteiger partial charge in [0, 0.05) is 31.2 Å². The molecule has 0 fully saturated rings. The Bertz CT molecular complexity index is 959. The van der Waals surface area contributed by atoms with Crippen molar-refractivity contribution >= 4 is 27.3 Å². The van der Waals surface area contributed by atoms with Gasteiger partial charge in [0.2, 0.25) is 15.9 Å². The molecule has 0 bridgehead atoms. The maximum atomic E-state index is 13.5. The van der Waals surface area contributed by atoms with Crippen molar-refractivity contribution in [2.75, 3.05) is 38.6 Å². The normalized spacial score (nSPS) is 16.3. The van der Waals surface area contributed by atoms with Crippen LogP contribution in [-0.2, 0) is 26.0 Å². The predicted octanol–water partition coefficient (Wildman–Crippen LogP) is 4.08. The van der Waals surface area contributed by atoms with Gasteiger partial charge in [0.1, 0.15) is 0 Å². The van der Waals surface area contributed by atoms with E-state index in [1.54, 1.807) is 11.3 Å². The molecule has 0 N–H and O–H groups in total. The fraction of sp³-hybridized carbons (Fsp3) is 0.542. The molecule has 0 radical (unpaired) electrons. The van der Waals surface area contributed by atoms with Gasteiger partial charge in [-0.3, -0.25) is 4.79 Å². The Morgan fingerprint density at radius 3 is 2.69 bits per heavy atom. The monoisotopic (exact) mass is 478 g/mol. The first-order valence-corrected chi connectivity index (χ1v) is 13.9. The Balaban J connectivity index is 1.82. The Kier molecular flexibility index (Phi) is 9.28. The zero-order valence-electron chi connectivity index (χ0n) is 19.0. The summed E-state index contributed by atoms with van der Waals surface area (Å²) >= 11 is 1.72. The smallest absolute Gasteiger partial charge is 0.238 e. The lowest BCUT2D eigenvalue weighted by Crippen LogP contribution is -2.47. The van der Waals surface area contributed by atoms with Crippen LogP contribution >= 0.6 is 11.3 Å². The Hall–Kier alpha value is -1.74. The van der Waals surface area contributed by atoms with Crippen molar-refractivity contribution in [2.45, 2.75) is 45.6 Å². The summed E-state index contributed by atoms with van der Waals surface area (Å²) in [5.74, 6) is -0.0745. The number of hydrogen-bond acceptors (Lipinski definition) is 5. The number of amides is 1. The van der Waals surface area contributed by atoms with Crippen LogP contribution in [0.25, 0.3) is 0 Å². The molecule has 1 unspecified atom stereocenters. The summed E-state index contributed by atoms with van der Waals surface area (Å²) in [5.41, 5.74) is 2.20. The highest BCUT2D eigenvalue weighted by atomic mass is 32.2. The van der Waals surface area contributed by atoms with E-state index in [2.05, 4.69) is 11.4 Å². The largest absolute Gasteiger partial charge is 0.382 e. The van der Waals surface area contributed by atoms with Crippen LogP contribution in [0, 0.1) is 0 Å². The maximum Gasteiger partial charge on any atom is 0.238 e. The molecule has 1 atom stereocenters. The minimum atomic E-state index is -3.50. The van der Waals surface area contributed by atoms with Gasteiger partial charge in [-0.1, -0.05) is 43.7 Å². The first-order chi connectivity index (χ1) is 15.5. The number of benzene rings is 1. The highest BCUT2D eigenvalue weighted by molar-refractivity contribution is 7.89. The highest BCUT2D eigenvalue weighted by Crippen LogP contribution is 2.37. The fourth-order valence-electron chi connectivity index (χ4n) is 4.08. The lowest BCUT2D eigenvalue weighted by molar-refractivity contribution is -0.133. The average Bonchev–Trinajstić information content (AvgIpc) is 3.28. The second-order valence-electron chi connectivity index (χ2n) is 8.00. The predicted molar refractivity (Wildman–Crippen MR) is 129 cm³/mol. The second-order valence-corrected chi connectivity index (χ2v) is 11.1. The van der Waals surface area contributed by atoms with Gasteiger partial charge in [-0.05, 0) is 48.8 Å². The van der Waals surface area contributed by atoms with Crippen LogP contribution < -0.4 is 0 Å². The van der Waals surface area contributed by atoms with Gasteiger partial charge in [0.25, 0.3) is 0 Å². The van der Waals surface area contributed by atoms with Crippen LogP contribution in [0.4, 0.5) is 0 Å². The van der Waals surface area contributed by atoms with E-state index in [1.165, 1.54) is 9.18 Å². The van der Waals surface area contributed by atoms with Crippen LogP contribution in [0.2, 0.25) is 0 Å². The number of nitrogens with zero attached hydrogens (tertiary/aromatic N) is 2. The number of rotatable bonds is 12. The molecule has 0 saturated carbocycles. The number of unbranched alkanes of at least 4 members (excludes halogenated alkanes) is 1. The van der Waals surface area contributed by atoms with Crippen LogP contribution in [0.1, 0.15) is 55.2 Å². The molecule has 2 aromatic rings. The number of sulfonamides is 1. The number of fused-ring (bicyclic) bond motifs is 1. The molecule has 1 amide bonds. The summed E-state index contributed by atoms with van der Waals surface area (Å²) in [7, 11) is -3.50. The standard InChI is InChI=1S/C24H34N2O4S2/c1-3-5-18-32(28,29)25(14-9-16-30-4-2)19-23(27)26-15-12-22-21(13-17-31-22)24(26)20-10-7-6-8-11-20/h6-8,10-11,13,17,24H,3-5,9,12,14-16,18-19H2,1-2H3.